The van der Waals surface area contributed by atoms with Crippen LogP contribution >= 0.6 is 0 Å². The van der Waals surface area contributed by atoms with Gasteiger partial charge in [-0.15, -0.1) is 0 Å². The van der Waals surface area contributed by atoms with Crippen LogP contribution in [0.5, 0.6) is 0 Å². The molecule has 0 aromatic heterocycles. The number of hydrogen-bond donors (Lipinski definition) is 2. The summed E-state index contributed by atoms with van der Waals surface area (Å²) in [5.74, 6) is -0.363. The van der Waals surface area contributed by atoms with Gasteiger partial charge in [-0.3, -0.25) is 9.59 Å². The molecule has 2 rings (SSSR count). The first-order valence-electron chi connectivity index (χ1n) is 9.43. The van der Waals surface area contributed by atoms with E-state index < -0.39 is 10.0 Å². The van der Waals surface area contributed by atoms with Crippen LogP contribution in [-0.2, 0) is 14.8 Å². The Balaban J connectivity index is 2.04. The minimum atomic E-state index is -3.73. The molecule has 0 aliphatic rings. The van der Waals surface area contributed by atoms with Crippen molar-refractivity contribution in [1.82, 2.24) is 4.72 Å². The zero-order valence-electron chi connectivity index (χ0n) is 17.8. The summed E-state index contributed by atoms with van der Waals surface area (Å²) in [5.41, 5.74) is 5.58. The van der Waals surface area contributed by atoms with Gasteiger partial charge in [-0.25, -0.2) is 13.1 Å². The van der Waals surface area contributed by atoms with E-state index in [1.807, 2.05) is 20.8 Å². The van der Waals surface area contributed by atoms with Gasteiger partial charge in [0.2, 0.25) is 15.9 Å². The van der Waals surface area contributed by atoms with Crippen LogP contribution in [0.1, 0.15) is 51.5 Å². The summed E-state index contributed by atoms with van der Waals surface area (Å²) in [4.78, 5) is 23.7. The van der Waals surface area contributed by atoms with Gasteiger partial charge in [-0.1, -0.05) is 0 Å². The Kier molecular flexibility index (Phi) is 6.97. The summed E-state index contributed by atoms with van der Waals surface area (Å²) in [6.45, 7) is 10.9. The van der Waals surface area contributed by atoms with Crippen LogP contribution in [0.4, 0.5) is 5.69 Å². The molecule has 0 fully saturated rings. The predicted molar refractivity (Wildman–Crippen MR) is 115 cm³/mol. The minimum Gasteiger partial charge on any atom is -0.326 e. The molecule has 0 radical (unpaired) electrons. The first-order chi connectivity index (χ1) is 13.5. The molecule has 1 amide bonds. The molecule has 0 saturated heterocycles. The summed E-state index contributed by atoms with van der Waals surface area (Å²) >= 11 is 0. The van der Waals surface area contributed by atoms with Gasteiger partial charge >= 0.3 is 0 Å². The van der Waals surface area contributed by atoms with E-state index in [0.29, 0.717) is 16.1 Å². The Labute approximate surface area is 172 Å². The summed E-state index contributed by atoms with van der Waals surface area (Å²) < 4.78 is 28.3. The van der Waals surface area contributed by atoms with Gasteiger partial charge in [-0.2, -0.15) is 0 Å². The minimum absolute atomic E-state index is 0.00435. The number of sulfonamides is 1. The number of anilines is 1. The molecule has 0 heterocycles. The third kappa shape index (κ3) is 5.10. The van der Waals surface area contributed by atoms with Crippen LogP contribution in [0.15, 0.2) is 29.2 Å². The van der Waals surface area contributed by atoms with Crippen molar-refractivity contribution in [1.29, 1.82) is 0 Å². The van der Waals surface area contributed by atoms with Crippen LogP contribution in [0.3, 0.4) is 0 Å². The highest BCUT2D eigenvalue weighted by Gasteiger charge is 2.23. The van der Waals surface area contributed by atoms with E-state index in [0.717, 1.165) is 27.8 Å². The second-order valence-electron chi connectivity index (χ2n) is 7.28. The van der Waals surface area contributed by atoms with Crippen molar-refractivity contribution >= 4 is 27.4 Å². The maximum absolute atomic E-state index is 12.9. The Morgan fingerprint density at radius 1 is 0.828 bits per heavy atom. The van der Waals surface area contributed by atoms with Crippen LogP contribution in [0, 0.1) is 34.6 Å². The van der Waals surface area contributed by atoms with E-state index in [1.165, 1.54) is 6.92 Å². The number of hydrogen-bond acceptors (Lipinski definition) is 4. The molecule has 156 valence electrons. The molecule has 2 aromatic carbocycles. The number of amides is 1. The molecule has 2 N–H and O–H groups in total. The number of benzene rings is 2. The van der Waals surface area contributed by atoms with Gasteiger partial charge in [0.1, 0.15) is 0 Å². The maximum Gasteiger partial charge on any atom is 0.241 e. The van der Waals surface area contributed by atoms with E-state index in [2.05, 4.69) is 10.0 Å². The highest BCUT2D eigenvalue weighted by Crippen LogP contribution is 2.29. The predicted octanol–water partition coefficient (Wildman–Crippen LogP) is 3.74. The fraction of sp³-hybridized carbons (Fsp3) is 0.364. The van der Waals surface area contributed by atoms with Gasteiger partial charge in [0, 0.05) is 24.2 Å². The van der Waals surface area contributed by atoms with Gasteiger partial charge in [0.25, 0.3) is 0 Å². The Bertz CT molecular complexity index is 1030. The molecule has 7 heteroatoms. The monoisotopic (exact) mass is 416 g/mol. The van der Waals surface area contributed by atoms with Crippen LogP contribution in [0.25, 0.3) is 0 Å². The van der Waals surface area contributed by atoms with Crippen molar-refractivity contribution < 1.29 is 18.0 Å². The van der Waals surface area contributed by atoms with E-state index in [4.69, 9.17) is 0 Å². The van der Waals surface area contributed by atoms with Crippen LogP contribution in [0.2, 0.25) is 0 Å². The molecule has 0 bridgehead atoms. The largest absolute Gasteiger partial charge is 0.326 e. The normalized spacial score (nSPS) is 11.4. The van der Waals surface area contributed by atoms with Gasteiger partial charge in [-0.05, 0) is 93.6 Å². The average Bonchev–Trinajstić information content (AvgIpc) is 2.65. The summed E-state index contributed by atoms with van der Waals surface area (Å²) in [6.07, 6.45) is -0.00435. The average molecular weight is 417 g/mol. The number of nitrogens with one attached hydrogen (secondary N) is 2. The number of carbonyl (C=O) groups is 2. The molecule has 0 aliphatic heterocycles. The van der Waals surface area contributed by atoms with E-state index >= 15 is 0 Å². The zero-order valence-corrected chi connectivity index (χ0v) is 18.6. The van der Waals surface area contributed by atoms with Crippen molar-refractivity contribution in [3.8, 4) is 0 Å². The standard InChI is InChI=1S/C22H28N2O4S/c1-13-14(2)16(4)22(17(5)15(13)3)29(27,28)23-12-11-21(26)24-20-9-7-19(8-10-20)18(6)25/h7-10,23H,11-12H2,1-6H3,(H,24,26). The SMILES string of the molecule is CC(=O)c1ccc(NC(=O)CCNS(=O)(=O)c2c(C)c(C)c(C)c(C)c2C)cc1. The van der Waals surface area contributed by atoms with Crippen molar-refractivity contribution in [3.05, 3.63) is 57.6 Å². The highest BCUT2D eigenvalue weighted by molar-refractivity contribution is 7.89. The van der Waals surface area contributed by atoms with Crippen LogP contribution in [-0.4, -0.2) is 26.7 Å². The van der Waals surface area contributed by atoms with Crippen molar-refractivity contribution in [2.24, 2.45) is 0 Å². The van der Waals surface area contributed by atoms with Crippen molar-refractivity contribution in [2.45, 2.75) is 52.9 Å². The third-order valence-electron chi connectivity index (χ3n) is 5.42. The Hall–Kier alpha value is -2.51. The van der Waals surface area contributed by atoms with Crippen molar-refractivity contribution in [3.63, 3.8) is 0 Å². The number of ketones is 1. The lowest BCUT2D eigenvalue weighted by Crippen LogP contribution is -2.29. The fourth-order valence-electron chi connectivity index (χ4n) is 3.25. The number of carbonyl (C=O) groups excluding carboxylic acids is 2. The van der Waals surface area contributed by atoms with Gasteiger partial charge in [0.05, 0.1) is 4.90 Å². The summed E-state index contributed by atoms with van der Waals surface area (Å²) in [7, 11) is -3.73. The smallest absolute Gasteiger partial charge is 0.241 e. The molecule has 0 atom stereocenters. The van der Waals surface area contributed by atoms with E-state index in [1.54, 1.807) is 38.1 Å². The Morgan fingerprint density at radius 2 is 1.31 bits per heavy atom. The van der Waals surface area contributed by atoms with Gasteiger partial charge in [0.15, 0.2) is 5.78 Å². The lowest BCUT2D eigenvalue weighted by molar-refractivity contribution is -0.116. The first-order valence-corrected chi connectivity index (χ1v) is 10.9. The maximum atomic E-state index is 12.9. The molecule has 6 nitrogen and oxygen atoms in total. The molecule has 0 saturated carbocycles. The first kappa shape index (κ1) is 22.8. The third-order valence-corrected chi connectivity index (χ3v) is 7.15. The highest BCUT2D eigenvalue weighted by atomic mass is 32.2. The lowest BCUT2D eigenvalue weighted by atomic mass is 9.95. The second kappa shape index (κ2) is 8.88. The lowest BCUT2D eigenvalue weighted by Gasteiger charge is -2.19. The molecule has 29 heavy (non-hydrogen) atoms. The zero-order chi connectivity index (χ0) is 21.9. The molecule has 2 aromatic rings. The fourth-order valence-corrected chi connectivity index (χ4v) is 4.88. The molecule has 0 aliphatic carbocycles. The molecule has 0 unspecified atom stereocenters. The van der Waals surface area contributed by atoms with E-state index in [-0.39, 0.29) is 24.7 Å². The van der Waals surface area contributed by atoms with Crippen LogP contribution < -0.4 is 10.0 Å². The van der Waals surface area contributed by atoms with Crippen molar-refractivity contribution in [2.75, 3.05) is 11.9 Å². The quantitative estimate of drug-likeness (QED) is 0.673. The summed E-state index contributed by atoms with van der Waals surface area (Å²) in [6, 6.07) is 6.55. The second-order valence-corrected chi connectivity index (χ2v) is 8.99. The molecular weight excluding hydrogens is 388 g/mol. The molecule has 0 spiro atoms. The van der Waals surface area contributed by atoms with Gasteiger partial charge < -0.3 is 5.32 Å². The molecular formula is C22H28N2O4S. The number of rotatable bonds is 7. The topological polar surface area (TPSA) is 92.3 Å². The Morgan fingerprint density at radius 3 is 1.79 bits per heavy atom. The summed E-state index contributed by atoms with van der Waals surface area (Å²) in [5, 5.41) is 2.70. The number of Topliss-reactive ketones (excluding diaryl/α,β-unsaturated/α-hetero) is 1. The van der Waals surface area contributed by atoms with E-state index in [9.17, 15) is 18.0 Å².